The zero-order chi connectivity index (χ0) is 12.4. The first-order chi connectivity index (χ1) is 8.09. The van der Waals surface area contributed by atoms with Crippen molar-refractivity contribution in [3.8, 4) is 0 Å². The summed E-state index contributed by atoms with van der Waals surface area (Å²) in [6.45, 7) is 2.01. The van der Waals surface area contributed by atoms with Crippen LogP contribution >= 0.6 is 27.5 Å². The Balaban J connectivity index is 2.19. The van der Waals surface area contributed by atoms with Gasteiger partial charge in [0.1, 0.15) is 17.3 Å². The molecule has 0 aromatic carbocycles. The molecule has 94 valence electrons. The Morgan fingerprint density at radius 3 is 2.94 bits per heavy atom. The summed E-state index contributed by atoms with van der Waals surface area (Å²) in [6.07, 6.45) is 3.93. The van der Waals surface area contributed by atoms with Crippen LogP contribution in [0.3, 0.4) is 0 Å². The van der Waals surface area contributed by atoms with E-state index in [0.29, 0.717) is 11.2 Å². The lowest BCUT2D eigenvalue weighted by molar-refractivity contribution is 0.257. The maximum absolute atomic E-state index is 6.00. The van der Waals surface area contributed by atoms with E-state index >= 15 is 0 Å². The molecule has 0 N–H and O–H groups in total. The predicted octanol–water partition coefficient (Wildman–Crippen LogP) is 2.42. The normalized spacial score (nSPS) is 21.0. The van der Waals surface area contributed by atoms with Crippen LogP contribution in [0, 0.1) is 0 Å². The molecule has 1 unspecified atom stereocenters. The number of nitrogens with zero attached hydrogens (tertiary/aromatic N) is 4. The van der Waals surface area contributed by atoms with Crippen molar-refractivity contribution in [3.05, 3.63) is 16.0 Å². The molecule has 1 atom stereocenters. The van der Waals surface area contributed by atoms with E-state index in [4.69, 9.17) is 11.6 Å². The molecule has 1 aromatic rings. The molecule has 0 radical (unpaired) electrons. The number of hydrogen-bond acceptors (Lipinski definition) is 4. The summed E-state index contributed by atoms with van der Waals surface area (Å²) in [7, 11) is 4.24. The summed E-state index contributed by atoms with van der Waals surface area (Å²) >= 11 is 9.46. The Labute approximate surface area is 115 Å². The lowest BCUT2D eigenvalue weighted by atomic mass is 10.1. The highest BCUT2D eigenvalue weighted by Gasteiger charge is 2.24. The molecule has 2 heterocycles. The van der Waals surface area contributed by atoms with Crippen molar-refractivity contribution in [2.24, 2.45) is 0 Å². The monoisotopic (exact) mass is 318 g/mol. The molecule has 4 nitrogen and oxygen atoms in total. The first kappa shape index (κ1) is 13.1. The van der Waals surface area contributed by atoms with Gasteiger partial charge in [0.05, 0.1) is 4.47 Å². The molecule has 1 aliphatic rings. The van der Waals surface area contributed by atoms with Gasteiger partial charge in [0, 0.05) is 19.1 Å². The molecule has 0 amide bonds. The third-order valence-corrected chi connectivity index (χ3v) is 4.40. The van der Waals surface area contributed by atoms with Gasteiger partial charge in [0.2, 0.25) is 0 Å². The average molecular weight is 320 g/mol. The molecule has 0 aliphatic carbocycles. The van der Waals surface area contributed by atoms with Gasteiger partial charge in [0.25, 0.3) is 0 Å². The maximum atomic E-state index is 6.00. The van der Waals surface area contributed by atoms with Crippen molar-refractivity contribution >= 4 is 33.3 Å². The highest BCUT2D eigenvalue weighted by molar-refractivity contribution is 9.10. The molecule has 0 saturated carbocycles. The number of anilines is 1. The van der Waals surface area contributed by atoms with E-state index in [2.05, 4.69) is 49.8 Å². The minimum Gasteiger partial charge on any atom is -0.354 e. The lowest BCUT2D eigenvalue weighted by Crippen LogP contribution is -2.45. The standard InChI is InChI=1S/C11H16BrClN4/c1-16(2)8-4-3-5-17(6-8)11-9(12)10(13)14-7-15-11/h7-8H,3-6H2,1-2H3. The number of aromatic nitrogens is 2. The molecule has 1 fully saturated rings. The summed E-state index contributed by atoms with van der Waals surface area (Å²) in [5.41, 5.74) is 0. The first-order valence-corrected chi connectivity index (χ1v) is 6.84. The second-order valence-electron chi connectivity index (χ2n) is 4.51. The second-order valence-corrected chi connectivity index (χ2v) is 5.66. The first-order valence-electron chi connectivity index (χ1n) is 5.67. The molecule has 1 saturated heterocycles. The number of halogens is 2. The Kier molecular flexibility index (Phi) is 4.22. The average Bonchev–Trinajstić information content (AvgIpc) is 2.33. The van der Waals surface area contributed by atoms with Gasteiger partial charge in [-0.1, -0.05) is 11.6 Å². The van der Waals surface area contributed by atoms with Crippen LogP contribution in [0.25, 0.3) is 0 Å². The number of rotatable bonds is 2. The van der Waals surface area contributed by atoms with Crippen LogP contribution in [-0.2, 0) is 0 Å². The summed E-state index contributed by atoms with van der Waals surface area (Å²) in [5.74, 6) is 0.900. The van der Waals surface area contributed by atoms with E-state index in [1.165, 1.54) is 19.2 Å². The number of likely N-dealkylation sites (N-methyl/N-ethyl adjacent to an activating group) is 1. The predicted molar refractivity (Wildman–Crippen MR) is 73.7 cm³/mol. The van der Waals surface area contributed by atoms with Crippen molar-refractivity contribution in [1.29, 1.82) is 0 Å². The van der Waals surface area contributed by atoms with Crippen LogP contribution in [-0.4, -0.2) is 48.1 Å². The second kappa shape index (κ2) is 5.50. The molecule has 0 bridgehead atoms. The fourth-order valence-electron chi connectivity index (χ4n) is 2.13. The van der Waals surface area contributed by atoms with Gasteiger partial charge in [-0.15, -0.1) is 0 Å². The third-order valence-electron chi connectivity index (χ3n) is 3.15. The van der Waals surface area contributed by atoms with Gasteiger partial charge in [0.15, 0.2) is 0 Å². The minimum absolute atomic E-state index is 0.474. The largest absolute Gasteiger partial charge is 0.354 e. The Morgan fingerprint density at radius 1 is 1.47 bits per heavy atom. The maximum Gasteiger partial charge on any atom is 0.148 e. The van der Waals surface area contributed by atoms with E-state index in [1.807, 2.05) is 0 Å². The molecule has 6 heteroatoms. The zero-order valence-corrected chi connectivity index (χ0v) is 12.4. The fraction of sp³-hybridized carbons (Fsp3) is 0.636. The van der Waals surface area contributed by atoms with Crippen LogP contribution < -0.4 is 4.90 Å². The van der Waals surface area contributed by atoms with Gasteiger partial charge in [-0.05, 0) is 42.9 Å². The Hall–Kier alpha value is -0.390. The molecular formula is C11H16BrClN4. The van der Waals surface area contributed by atoms with Gasteiger partial charge in [-0.25, -0.2) is 9.97 Å². The van der Waals surface area contributed by atoms with Gasteiger partial charge < -0.3 is 9.80 Å². The van der Waals surface area contributed by atoms with E-state index in [9.17, 15) is 0 Å². The fourth-order valence-corrected chi connectivity index (χ4v) is 2.71. The molecule has 1 aliphatic heterocycles. The smallest absolute Gasteiger partial charge is 0.148 e. The highest BCUT2D eigenvalue weighted by Crippen LogP contribution is 2.31. The Bertz CT molecular complexity index is 399. The van der Waals surface area contributed by atoms with E-state index in [-0.39, 0.29) is 0 Å². The van der Waals surface area contributed by atoms with E-state index in [1.54, 1.807) is 0 Å². The lowest BCUT2D eigenvalue weighted by Gasteiger charge is -2.37. The van der Waals surface area contributed by atoms with Gasteiger partial charge >= 0.3 is 0 Å². The Morgan fingerprint density at radius 2 is 2.24 bits per heavy atom. The quantitative estimate of drug-likeness (QED) is 0.784. The van der Waals surface area contributed by atoms with Crippen LogP contribution in [0.15, 0.2) is 10.8 Å². The third kappa shape index (κ3) is 2.89. The number of hydrogen-bond donors (Lipinski definition) is 0. The number of piperidine rings is 1. The van der Waals surface area contributed by atoms with Gasteiger partial charge in [-0.3, -0.25) is 0 Å². The van der Waals surface area contributed by atoms with Crippen molar-refractivity contribution in [2.75, 3.05) is 32.1 Å². The zero-order valence-electron chi connectivity index (χ0n) is 10.0. The summed E-state index contributed by atoms with van der Waals surface area (Å²) in [6, 6.07) is 0.574. The van der Waals surface area contributed by atoms with Crippen LogP contribution in [0.4, 0.5) is 5.82 Å². The molecule has 2 rings (SSSR count). The van der Waals surface area contributed by atoms with Gasteiger partial charge in [-0.2, -0.15) is 0 Å². The van der Waals surface area contributed by atoms with Crippen molar-refractivity contribution in [1.82, 2.24) is 14.9 Å². The molecule has 1 aromatic heterocycles. The van der Waals surface area contributed by atoms with Crippen molar-refractivity contribution in [2.45, 2.75) is 18.9 Å². The minimum atomic E-state index is 0.474. The summed E-state index contributed by atoms with van der Waals surface area (Å²) in [5, 5.41) is 0.474. The molecule has 17 heavy (non-hydrogen) atoms. The molecular weight excluding hydrogens is 304 g/mol. The summed E-state index contributed by atoms with van der Waals surface area (Å²) in [4.78, 5) is 12.8. The van der Waals surface area contributed by atoms with E-state index < -0.39 is 0 Å². The van der Waals surface area contributed by atoms with Crippen molar-refractivity contribution in [3.63, 3.8) is 0 Å². The van der Waals surface area contributed by atoms with Crippen LogP contribution in [0.1, 0.15) is 12.8 Å². The summed E-state index contributed by atoms with van der Waals surface area (Å²) < 4.78 is 0.793. The van der Waals surface area contributed by atoms with Crippen molar-refractivity contribution < 1.29 is 0 Å². The van der Waals surface area contributed by atoms with E-state index in [0.717, 1.165) is 23.4 Å². The molecule has 0 spiro atoms. The van der Waals surface area contributed by atoms with Crippen LogP contribution in [0.2, 0.25) is 5.15 Å². The highest BCUT2D eigenvalue weighted by atomic mass is 79.9. The SMILES string of the molecule is CN(C)C1CCCN(c2ncnc(Cl)c2Br)C1. The van der Waals surface area contributed by atoms with Crippen LogP contribution in [0.5, 0.6) is 0 Å². The topological polar surface area (TPSA) is 32.3 Å².